The van der Waals surface area contributed by atoms with Crippen LogP contribution < -0.4 is 0 Å². The van der Waals surface area contributed by atoms with E-state index in [0.29, 0.717) is 10.7 Å². The maximum absolute atomic E-state index is 12.9. The fraction of sp³-hybridized carbons (Fsp3) is 0.533. The molecular weight excluding hydrogens is 302 g/mol. The third kappa shape index (κ3) is 2.88. The predicted molar refractivity (Wildman–Crippen MR) is 83.7 cm³/mol. The van der Waals surface area contributed by atoms with Gasteiger partial charge in [-0.1, -0.05) is 24.4 Å². The van der Waals surface area contributed by atoms with Gasteiger partial charge in [-0.2, -0.15) is 10.2 Å². The second-order valence-corrected chi connectivity index (χ2v) is 6.22. The SMILES string of the molecule is Cn1cc([C@H]2CCCCCN2C(=O)c2nn(C)cc2Cl)cn1. The third-order valence-electron chi connectivity index (χ3n) is 4.11. The highest BCUT2D eigenvalue weighted by molar-refractivity contribution is 6.33. The van der Waals surface area contributed by atoms with Crippen LogP contribution in [0.25, 0.3) is 0 Å². The van der Waals surface area contributed by atoms with Crippen molar-refractivity contribution in [1.82, 2.24) is 24.5 Å². The summed E-state index contributed by atoms with van der Waals surface area (Å²) in [6, 6.07) is 0.0433. The van der Waals surface area contributed by atoms with Crippen LogP contribution in [-0.2, 0) is 14.1 Å². The van der Waals surface area contributed by atoms with Crippen molar-refractivity contribution in [3.8, 4) is 0 Å². The van der Waals surface area contributed by atoms with Crippen LogP contribution >= 0.6 is 11.6 Å². The van der Waals surface area contributed by atoms with Gasteiger partial charge in [-0.3, -0.25) is 14.2 Å². The van der Waals surface area contributed by atoms with E-state index in [2.05, 4.69) is 10.2 Å². The lowest BCUT2D eigenvalue weighted by atomic mass is 10.0. The molecule has 3 rings (SSSR count). The smallest absolute Gasteiger partial charge is 0.276 e. The van der Waals surface area contributed by atoms with Crippen LogP contribution in [0.15, 0.2) is 18.6 Å². The van der Waals surface area contributed by atoms with Gasteiger partial charge in [0.1, 0.15) is 0 Å². The summed E-state index contributed by atoms with van der Waals surface area (Å²) in [5, 5.41) is 8.87. The zero-order valence-electron chi connectivity index (χ0n) is 12.9. The Balaban J connectivity index is 1.93. The Morgan fingerprint density at radius 3 is 2.68 bits per heavy atom. The monoisotopic (exact) mass is 321 g/mol. The molecule has 2 aromatic heterocycles. The highest BCUT2D eigenvalue weighted by Gasteiger charge is 2.30. The molecule has 22 heavy (non-hydrogen) atoms. The molecule has 1 saturated heterocycles. The lowest BCUT2D eigenvalue weighted by molar-refractivity contribution is 0.0674. The van der Waals surface area contributed by atoms with E-state index in [4.69, 9.17) is 11.6 Å². The van der Waals surface area contributed by atoms with Gasteiger partial charge in [-0.15, -0.1) is 0 Å². The van der Waals surface area contributed by atoms with E-state index in [-0.39, 0.29) is 11.9 Å². The number of hydrogen-bond acceptors (Lipinski definition) is 3. The van der Waals surface area contributed by atoms with E-state index in [9.17, 15) is 4.79 Å². The highest BCUT2D eigenvalue weighted by atomic mass is 35.5. The van der Waals surface area contributed by atoms with Crippen LogP contribution in [0.1, 0.15) is 47.8 Å². The number of hydrogen-bond donors (Lipinski definition) is 0. The van der Waals surface area contributed by atoms with Gasteiger partial charge >= 0.3 is 0 Å². The van der Waals surface area contributed by atoms with Crippen molar-refractivity contribution in [1.29, 1.82) is 0 Å². The van der Waals surface area contributed by atoms with Crippen LogP contribution in [0.4, 0.5) is 0 Å². The lowest BCUT2D eigenvalue weighted by Crippen LogP contribution is -2.35. The second kappa shape index (κ2) is 6.12. The number of carbonyl (C=O) groups excluding carboxylic acids is 1. The largest absolute Gasteiger partial charge is 0.330 e. The molecule has 0 saturated carbocycles. The van der Waals surface area contributed by atoms with Gasteiger partial charge in [0, 0.05) is 38.6 Å². The summed E-state index contributed by atoms with van der Waals surface area (Å²) in [7, 11) is 3.66. The summed E-state index contributed by atoms with van der Waals surface area (Å²) in [6.07, 6.45) is 9.68. The molecule has 1 aliphatic heterocycles. The minimum absolute atomic E-state index is 0.0433. The molecule has 6 nitrogen and oxygen atoms in total. The number of halogens is 1. The van der Waals surface area contributed by atoms with Crippen molar-refractivity contribution in [2.24, 2.45) is 14.1 Å². The summed E-state index contributed by atoms with van der Waals surface area (Å²) < 4.78 is 3.35. The number of likely N-dealkylation sites (tertiary alicyclic amines) is 1. The molecule has 0 aromatic carbocycles. The molecule has 0 spiro atoms. The van der Waals surface area contributed by atoms with Gasteiger partial charge in [0.25, 0.3) is 5.91 Å². The Bertz CT molecular complexity index is 677. The molecule has 1 atom stereocenters. The maximum atomic E-state index is 12.9. The second-order valence-electron chi connectivity index (χ2n) is 5.81. The van der Waals surface area contributed by atoms with E-state index in [0.717, 1.165) is 37.8 Å². The van der Waals surface area contributed by atoms with Gasteiger partial charge in [-0.05, 0) is 12.8 Å². The van der Waals surface area contributed by atoms with Crippen LogP contribution in [0.3, 0.4) is 0 Å². The Labute approximate surface area is 134 Å². The molecule has 1 fully saturated rings. The topological polar surface area (TPSA) is 56.0 Å². The van der Waals surface area contributed by atoms with Gasteiger partial charge in [-0.25, -0.2) is 0 Å². The number of aromatic nitrogens is 4. The molecule has 2 aromatic rings. The summed E-state index contributed by atoms with van der Waals surface area (Å²) in [6.45, 7) is 0.727. The standard InChI is InChI=1S/C15H20ClN5O/c1-19-9-11(8-17-19)13-6-4-3-5-7-21(13)15(22)14-12(16)10-20(2)18-14/h8-10,13H,3-7H2,1-2H3/t13-/m1/s1. The molecular formula is C15H20ClN5O. The predicted octanol–water partition coefficient (Wildman–Crippen LogP) is 2.56. The summed E-state index contributed by atoms with van der Waals surface area (Å²) in [5.41, 5.74) is 1.41. The summed E-state index contributed by atoms with van der Waals surface area (Å²) in [4.78, 5) is 14.8. The minimum Gasteiger partial charge on any atom is -0.330 e. The molecule has 0 N–H and O–H groups in total. The third-order valence-corrected chi connectivity index (χ3v) is 4.39. The molecule has 1 aliphatic rings. The number of aryl methyl sites for hydroxylation is 2. The van der Waals surface area contributed by atoms with Crippen LogP contribution in [0, 0.1) is 0 Å². The molecule has 0 aliphatic carbocycles. The first-order valence-electron chi connectivity index (χ1n) is 7.55. The summed E-state index contributed by atoms with van der Waals surface area (Å²) in [5.74, 6) is -0.0960. The first-order valence-corrected chi connectivity index (χ1v) is 7.92. The first kappa shape index (κ1) is 15.1. The molecule has 0 radical (unpaired) electrons. The van der Waals surface area contributed by atoms with E-state index in [1.54, 1.807) is 22.6 Å². The number of carbonyl (C=O) groups is 1. The van der Waals surface area contributed by atoms with Gasteiger partial charge in [0.2, 0.25) is 0 Å². The van der Waals surface area contributed by atoms with E-state index >= 15 is 0 Å². The van der Waals surface area contributed by atoms with Crippen molar-refractivity contribution in [3.63, 3.8) is 0 Å². The Morgan fingerprint density at radius 1 is 1.23 bits per heavy atom. The van der Waals surface area contributed by atoms with Crippen molar-refractivity contribution >= 4 is 17.5 Å². The first-order chi connectivity index (χ1) is 10.6. The molecule has 1 amide bonds. The van der Waals surface area contributed by atoms with E-state index in [1.165, 1.54) is 0 Å². The van der Waals surface area contributed by atoms with Crippen molar-refractivity contribution < 1.29 is 4.79 Å². The van der Waals surface area contributed by atoms with Crippen LogP contribution in [0.2, 0.25) is 5.02 Å². The zero-order chi connectivity index (χ0) is 15.7. The van der Waals surface area contributed by atoms with Gasteiger partial charge in [0.05, 0.1) is 17.3 Å². The average molecular weight is 322 g/mol. The number of rotatable bonds is 2. The van der Waals surface area contributed by atoms with Crippen LogP contribution in [-0.4, -0.2) is 36.9 Å². The fourth-order valence-electron chi connectivity index (χ4n) is 3.05. The van der Waals surface area contributed by atoms with Gasteiger partial charge < -0.3 is 4.90 Å². The molecule has 118 valence electrons. The Hall–Kier alpha value is -1.82. The van der Waals surface area contributed by atoms with Crippen molar-refractivity contribution in [2.45, 2.75) is 31.7 Å². The maximum Gasteiger partial charge on any atom is 0.276 e. The quantitative estimate of drug-likeness (QED) is 0.854. The average Bonchev–Trinajstić information content (AvgIpc) is 2.95. The van der Waals surface area contributed by atoms with E-state index < -0.39 is 0 Å². The van der Waals surface area contributed by atoms with Crippen molar-refractivity contribution in [2.75, 3.05) is 6.54 Å². The van der Waals surface area contributed by atoms with E-state index in [1.807, 2.05) is 24.3 Å². The number of amides is 1. The molecule has 0 unspecified atom stereocenters. The normalized spacial score (nSPS) is 19.2. The minimum atomic E-state index is -0.0960. The fourth-order valence-corrected chi connectivity index (χ4v) is 3.31. The van der Waals surface area contributed by atoms with Gasteiger partial charge in [0.15, 0.2) is 5.69 Å². The molecule has 7 heteroatoms. The molecule has 0 bridgehead atoms. The Kier molecular flexibility index (Phi) is 4.20. The lowest BCUT2D eigenvalue weighted by Gasteiger charge is -2.29. The zero-order valence-corrected chi connectivity index (χ0v) is 13.6. The highest BCUT2D eigenvalue weighted by Crippen LogP contribution is 2.31. The van der Waals surface area contributed by atoms with Crippen molar-refractivity contribution in [3.05, 3.63) is 34.9 Å². The summed E-state index contributed by atoms with van der Waals surface area (Å²) >= 11 is 6.15. The van der Waals surface area contributed by atoms with Crippen LogP contribution in [0.5, 0.6) is 0 Å². The number of nitrogens with zero attached hydrogens (tertiary/aromatic N) is 5. The molecule has 3 heterocycles. The Morgan fingerprint density at radius 2 is 2.05 bits per heavy atom.